The van der Waals surface area contributed by atoms with E-state index in [1.807, 2.05) is 13.0 Å². The van der Waals surface area contributed by atoms with Gasteiger partial charge in [-0.15, -0.1) is 0 Å². The third-order valence-corrected chi connectivity index (χ3v) is 6.25. The van der Waals surface area contributed by atoms with Gasteiger partial charge in [0, 0.05) is 29.1 Å². The number of fused-ring (bicyclic) bond motifs is 1. The van der Waals surface area contributed by atoms with Crippen LogP contribution in [0.3, 0.4) is 0 Å². The van der Waals surface area contributed by atoms with E-state index >= 15 is 0 Å². The predicted octanol–water partition coefficient (Wildman–Crippen LogP) is 2.64. The van der Waals surface area contributed by atoms with Gasteiger partial charge >= 0.3 is 0 Å². The van der Waals surface area contributed by atoms with Crippen molar-refractivity contribution in [3.63, 3.8) is 0 Å². The van der Waals surface area contributed by atoms with Gasteiger partial charge in [0.25, 0.3) is 5.91 Å². The van der Waals surface area contributed by atoms with E-state index in [9.17, 15) is 9.18 Å². The van der Waals surface area contributed by atoms with Crippen LogP contribution in [0.2, 0.25) is 0 Å². The number of carbonyl (C=O) groups is 1. The minimum absolute atomic E-state index is 0.0181. The summed E-state index contributed by atoms with van der Waals surface area (Å²) in [5.74, 6) is -0.218. The van der Waals surface area contributed by atoms with Gasteiger partial charge in [0.1, 0.15) is 23.1 Å². The van der Waals surface area contributed by atoms with Crippen LogP contribution in [0, 0.1) is 23.1 Å². The summed E-state index contributed by atoms with van der Waals surface area (Å²) in [5, 5.41) is 12.0. The lowest BCUT2D eigenvalue weighted by molar-refractivity contribution is 0.0948. The Kier molecular flexibility index (Phi) is 4.98. The van der Waals surface area contributed by atoms with Crippen LogP contribution in [0.15, 0.2) is 41.5 Å². The standard InChI is InChI=1S/C20H18FN5O2S/c1-11-20(13(9-28-11)10-29-19(23)26-20)15-6-14(3-4-16(15)21)25-18(27)17-5-2-12(7-22)8-24-17/h2-6,8,11,13H,9-10H2,1H3,(H2,23,26)(H,25,27)/t11-,13+,20+/m1/s1. The van der Waals surface area contributed by atoms with E-state index in [0.717, 1.165) is 0 Å². The highest BCUT2D eigenvalue weighted by Gasteiger charge is 2.54. The van der Waals surface area contributed by atoms with Gasteiger partial charge in [0.2, 0.25) is 0 Å². The number of benzene rings is 1. The first-order chi connectivity index (χ1) is 13.9. The second kappa shape index (κ2) is 7.46. The maximum absolute atomic E-state index is 14.9. The van der Waals surface area contributed by atoms with Gasteiger partial charge in [-0.2, -0.15) is 5.26 Å². The second-order valence-corrected chi connectivity index (χ2v) is 7.99. The molecule has 1 aromatic carbocycles. The number of halogens is 1. The van der Waals surface area contributed by atoms with Crippen LogP contribution < -0.4 is 11.1 Å². The Morgan fingerprint density at radius 1 is 1.45 bits per heavy atom. The first-order valence-corrected chi connectivity index (χ1v) is 10.00. The topological polar surface area (TPSA) is 113 Å². The van der Waals surface area contributed by atoms with Crippen molar-refractivity contribution in [2.45, 2.75) is 18.6 Å². The van der Waals surface area contributed by atoms with Gasteiger partial charge in [-0.05, 0) is 37.3 Å². The van der Waals surface area contributed by atoms with Crippen LogP contribution in [0.1, 0.15) is 28.5 Å². The van der Waals surface area contributed by atoms with E-state index in [1.54, 1.807) is 6.07 Å². The van der Waals surface area contributed by atoms with Gasteiger partial charge in [-0.1, -0.05) is 11.8 Å². The van der Waals surface area contributed by atoms with E-state index in [0.29, 0.717) is 34.3 Å². The number of anilines is 1. The molecule has 0 radical (unpaired) electrons. The van der Waals surface area contributed by atoms with Crippen LogP contribution in [-0.2, 0) is 10.3 Å². The maximum Gasteiger partial charge on any atom is 0.274 e. The van der Waals surface area contributed by atoms with Gasteiger partial charge in [0.15, 0.2) is 5.17 Å². The lowest BCUT2D eigenvalue weighted by atomic mass is 9.77. The summed E-state index contributed by atoms with van der Waals surface area (Å²) >= 11 is 1.44. The average Bonchev–Trinajstić information content (AvgIpc) is 3.06. The van der Waals surface area contributed by atoms with Crippen LogP contribution in [-0.4, -0.2) is 34.5 Å². The molecule has 1 fully saturated rings. The molecule has 7 nitrogen and oxygen atoms in total. The number of pyridine rings is 1. The molecule has 4 rings (SSSR count). The molecule has 2 aliphatic heterocycles. The number of nitrogens with one attached hydrogen (secondary N) is 1. The fourth-order valence-corrected chi connectivity index (χ4v) is 4.74. The summed E-state index contributed by atoms with van der Waals surface area (Å²) in [6.45, 7) is 2.33. The molecule has 148 valence electrons. The molecule has 3 heterocycles. The van der Waals surface area contributed by atoms with Crippen LogP contribution in [0.25, 0.3) is 0 Å². The maximum atomic E-state index is 14.9. The Morgan fingerprint density at radius 3 is 3.00 bits per heavy atom. The summed E-state index contributed by atoms with van der Waals surface area (Å²) in [6, 6.07) is 9.30. The number of nitrogens with zero attached hydrogens (tertiary/aromatic N) is 3. The molecule has 3 atom stereocenters. The van der Waals surface area contributed by atoms with Crippen molar-refractivity contribution in [2.24, 2.45) is 16.6 Å². The number of hydrogen-bond acceptors (Lipinski definition) is 7. The zero-order chi connectivity index (χ0) is 20.6. The van der Waals surface area contributed by atoms with Crippen LogP contribution >= 0.6 is 11.8 Å². The smallest absolute Gasteiger partial charge is 0.274 e. The molecule has 0 saturated carbocycles. The number of aromatic nitrogens is 1. The number of amidine groups is 1. The van der Waals surface area contributed by atoms with E-state index in [4.69, 9.17) is 15.7 Å². The lowest BCUT2D eigenvalue weighted by Gasteiger charge is -2.37. The van der Waals surface area contributed by atoms with Crippen LogP contribution in [0.4, 0.5) is 10.1 Å². The monoisotopic (exact) mass is 411 g/mol. The molecule has 0 unspecified atom stereocenters. The Bertz CT molecular complexity index is 1040. The predicted molar refractivity (Wildman–Crippen MR) is 108 cm³/mol. The number of nitrogens with two attached hydrogens (primary N) is 1. The van der Waals surface area contributed by atoms with Gasteiger partial charge < -0.3 is 15.8 Å². The summed E-state index contributed by atoms with van der Waals surface area (Å²) in [7, 11) is 0. The number of amides is 1. The number of aliphatic imine (C=N–C) groups is 1. The minimum Gasteiger partial charge on any atom is -0.379 e. The molecular weight excluding hydrogens is 393 g/mol. The molecule has 3 N–H and O–H groups in total. The fraction of sp³-hybridized carbons (Fsp3) is 0.300. The number of hydrogen-bond donors (Lipinski definition) is 2. The number of ether oxygens (including phenoxy) is 1. The first kappa shape index (κ1) is 19.4. The van der Waals surface area contributed by atoms with Gasteiger partial charge in [0.05, 0.1) is 18.3 Å². The first-order valence-electron chi connectivity index (χ1n) is 9.01. The van der Waals surface area contributed by atoms with Crippen molar-refractivity contribution >= 4 is 28.5 Å². The zero-order valence-corrected chi connectivity index (χ0v) is 16.4. The average molecular weight is 411 g/mol. The summed E-state index contributed by atoms with van der Waals surface area (Å²) in [4.78, 5) is 21.1. The molecule has 9 heteroatoms. The summed E-state index contributed by atoms with van der Waals surface area (Å²) < 4.78 is 20.7. The molecular formula is C20H18FN5O2S. The molecule has 0 spiro atoms. The lowest BCUT2D eigenvalue weighted by Crippen LogP contribution is -2.44. The minimum atomic E-state index is -0.924. The Balaban J connectivity index is 1.68. The van der Waals surface area contributed by atoms with Crippen molar-refractivity contribution < 1.29 is 13.9 Å². The number of thioether (sulfide) groups is 1. The molecule has 1 aromatic heterocycles. The van der Waals surface area contributed by atoms with Crippen LogP contribution in [0.5, 0.6) is 0 Å². The molecule has 1 amide bonds. The van der Waals surface area contributed by atoms with Crippen molar-refractivity contribution in [3.05, 3.63) is 59.2 Å². The summed E-state index contributed by atoms with van der Waals surface area (Å²) in [6.07, 6.45) is 0.969. The van der Waals surface area contributed by atoms with E-state index in [-0.39, 0.29) is 17.7 Å². The van der Waals surface area contributed by atoms with Crippen molar-refractivity contribution in [3.8, 4) is 6.07 Å². The number of rotatable bonds is 3. The molecule has 0 aliphatic carbocycles. The third-order valence-electron chi connectivity index (χ3n) is 5.30. The van der Waals surface area contributed by atoms with Gasteiger partial charge in [-0.3, -0.25) is 4.79 Å². The molecule has 2 aliphatic rings. The quantitative estimate of drug-likeness (QED) is 0.803. The molecule has 29 heavy (non-hydrogen) atoms. The van der Waals surface area contributed by atoms with E-state index in [2.05, 4.69) is 15.3 Å². The van der Waals surface area contributed by atoms with Crippen molar-refractivity contribution in [2.75, 3.05) is 17.7 Å². The third kappa shape index (κ3) is 3.34. The summed E-state index contributed by atoms with van der Waals surface area (Å²) in [5.41, 5.74) is 6.33. The van der Waals surface area contributed by atoms with E-state index in [1.165, 1.54) is 42.2 Å². The fourth-order valence-electron chi connectivity index (χ4n) is 3.80. The SMILES string of the molecule is C[C@H]1OC[C@H]2CSC(N)=N[C@]21c1cc(NC(=O)c2ccc(C#N)cn2)ccc1F. The van der Waals surface area contributed by atoms with Crippen molar-refractivity contribution in [1.82, 2.24) is 4.98 Å². The largest absolute Gasteiger partial charge is 0.379 e. The molecule has 1 saturated heterocycles. The molecule has 0 bridgehead atoms. The number of carbonyl (C=O) groups excluding carboxylic acids is 1. The zero-order valence-electron chi connectivity index (χ0n) is 15.6. The Labute approximate surface area is 171 Å². The highest BCUT2D eigenvalue weighted by Crippen LogP contribution is 2.49. The molecule has 2 aromatic rings. The van der Waals surface area contributed by atoms with Gasteiger partial charge in [-0.25, -0.2) is 14.4 Å². The Hall–Kier alpha value is -2.96. The van der Waals surface area contributed by atoms with Crippen molar-refractivity contribution in [1.29, 1.82) is 5.26 Å². The highest BCUT2D eigenvalue weighted by molar-refractivity contribution is 8.13. The Morgan fingerprint density at radius 2 is 2.28 bits per heavy atom. The van der Waals surface area contributed by atoms with E-state index < -0.39 is 17.3 Å². The normalized spacial score (nSPS) is 25.6. The highest BCUT2D eigenvalue weighted by atomic mass is 32.2. The number of nitriles is 1. The second-order valence-electron chi connectivity index (χ2n) is 6.95.